The van der Waals surface area contributed by atoms with Gasteiger partial charge in [0, 0.05) is 11.3 Å². The summed E-state index contributed by atoms with van der Waals surface area (Å²) in [7, 11) is 0. The van der Waals surface area contributed by atoms with Crippen LogP contribution >= 0.6 is 12.2 Å². The first-order valence-electron chi connectivity index (χ1n) is 10.4. The summed E-state index contributed by atoms with van der Waals surface area (Å²) >= 11 is 5.68. The molecule has 31 heavy (non-hydrogen) atoms. The van der Waals surface area contributed by atoms with Crippen LogP contribution in [0.25, 0.3) is 0 Å². The van der Waals surface area contributed by atoms with Gasteiger partial charge in [-0.3, -0.25) is 0 Å². The van der Waals surface area contributed by atoms with E-state index in [0.29, 0.717) is 10.7 Å². The number of aliphatic hydroxyl groups excluding tert-OH is 1. The fourth-order valence-corrected chi connectivity index (χ4v) is 4.55. The van der Waals surface area contributed by atoms with Crippen molar-refractivity contribution in [2.75, 3.05) is 4.90 Å². The van der Waals surface area contributed by atoms with Gasteiger partial charge in [0.2, 0.25) is 0 Å². The third kappa shape index (κ3) is 4.70. The van der Waals surface area contributed by atoms with E-state index in [1.54, 1.807) is 6.07 Å². The van der Waals surface area contributed by atoms with E-state index in [2.05, 4.69) is 5.32 Å². The number of halogens is 1. The van der Waals surface area contributed by atoms with Gasteiger partial charge in [0.25, 0.3) is 0 Å². The molecule has 0 unspecified atom stereocenters. The highest BCUT2D eigenvalue weighted by atomic mass is 32.1. The van der Waals surface area contributed by atoms with E-state index in [1.807, 2.05) is 59.5 Å². The minimum absolute atomic E-state index is 0.000897. The van der Waals surface area contributed by atoms with Crippen LogP contribution in [0.2, 0.25) is 0 Å². The number of nitrogens with zero attached hydrogens (tertiary/aromatic N) is 1. The van der Waals surface area contributed by atoms with Gasteiger partial charge >= 0.3 is 0 Å². The first-order chi connectivity index (χ1) is 15.1. The maximum absolute atomic E-state index is 13.2. The third-order valence-corrected chi connectivity index (χ3v) is 6.03. The summed E-state index contributed by atoms with van der Waals surface area (Å²) in [5.74, 6) is -0.0838. The van der Waals surface area contributed by atoms with Gasteiger partial charge in [0.15, 0.2) is 5.11 Å². The fourth-order valence-electron chi connectivity index (χ4n) is 4.18. The van der Waals surface area contributed by atoms with Gasteiger partial charge in [0.1, 0.15) is 11.6 Å². The molecule has 0 spiro atoms. The molecule has 0 aromatic heterocycles. The number of aliphatic hydroxyl groups is 1. The van der Waals surface area contributed by atoms with Crippen molar-refractivity contribution in [2.45, 2.75) is 38.0 Å². The lowest BCUT2D eigenvalue weighted by Gasteiger charge is -2.29. The zero-order chi connectivity index (χ0) is 21.8. The van der Waals surface area contributed by atoms with Crippen molar-refractivity contribution < 1.29 is 14.6 Å². The van der Waals surface area contributed by atoms with E-state index in [-0.39, 0.29) is 30.3 Å². The summed E-state index contributed by atoms with van der Waals surface area (Å²) in [5, 5.41) is 24.2. The van der Waals surface area contributed by atoms with Gasteiger partial charge in [-0.2, -0.15) is 0 Å². The molecule has 3 aromatic carbocycles. The Hall–Kier alpha value is -2.96. The number of hydrogen-bond acceptors (Lipinski definition) is 3. The quantitative estimate of drug-likeness (QED) is 0.462. The monoisotopic (exact) mass is 436 g/mol. The molecule has 2 atom stereocenters. The number of hydrogen-bond donors (Lipinski definition) is 3. The molecule has 3 N–H and O–H groups in total. The molecule has 0 aliphatic carbocycles. The van der Waals surface area contributed by atoms with E-state index in [4.69, 9.17) is 12.2 Å². The Morgan fingerprint density at radius 1 is 0.968 bits per heavy atom. The van der Waals surface area contributed by atoms with Crippen molar-refractivity contribution in [1.82, 2.24) is 5.32 Å². The SMILES string of the molecule is OCc1ccc([C@@H]2[C@H](CCCc3ccc(F)cc3)NC(=S)N2c2ccccc2)c(O)c1. The topological polar surface area (TPSA) is 55.7 Å². The molecule has 1 fully saturated rings. The van der Waals surface area contributed by atoms with E-state index in [9.17, 15) is 14.6 Å². The first-order valence-corrected chi connectivity index (χ1v) is 10.8. The minimum Gasteiger partial charge on any atom is -0.508 e. The molecule has 0 bridgehead atoms. The first kappa shape index (κ1) is 21.3. The maximum Gasteiger partial charge on any atom is 0.174 e. The molecule has 160 valence electrons. The van der Waals surface area contributed by atoms with Crippen LogP contribution in [0.15, 0.2) is 72.8 Å². The van der Waals surface area contributed by atoms with E-state index in [0.717, 1.165) is 36.1 Å². The lowest BCUT2D eigenvalue weighted by atomic mass is 9.93. The van der Waals surface area contributed by atoms with Gasteiger partial charge in [0.05, 0.1) is 18.7 Å². The molecule has 0 saturated carbocycles. The van der Waals surface area contributed by atoms with Crippen LogP contribution in [-0.4, -0.2) is 21.4 Å². The van der Waals surface area contributed by atoms with Crippen LogP contribution in [0.3, 0.4) is 0 Å². The van der Waals surface area contributed by atoms with Crippen molar-refractivity contribution >= 4 is 23.0 Å². The van der Waals surface area contributed by atoms with Crippen LogP contribution in [0.1, 0.15) is 35.6 Å². The Labute approximate surface area is 187 Å². The number of aromatic hydroxyl groups is 1. The molecule has 1 saturated heterocycles. The molecule has 6 heteroatoms. The fraction of sp³-hybridized carbons (Fsp3) is 0.240. The molecule has 3 aromatic rings. The highest BCUT2D eigenvalue weighted by Gasteiger charge is 2.39. The number of aryl methyl sites for hydroxylation is 1. The average Bonchev–Trinajstić information content (AvgIpc) is 3.11. The normalized spacial score (nSPS) is 18.3. The number of thiocarbonyl (C=S) groups is 1. The molecular weight excluding hydrogens is 411 g/mol. The average molecular weight is 437 g/mol. The zero-order valence-electron chi connectivity index (χ0n) is 17.0. The predicted molar refractivity (Wildman–Crippen MR) is 125 cm³/mol. The van der Waals surface area contributed by atoms with Crippen molar-refractivity contribution in [1.29, 1.82) is 0 Å². The predicted octanol–water partition coefficient (Wildman–Crippen LogP) is 4.85. The second kappa shape index (κ2) is 9.45. The summed E-state index contributed by atoms with van der Waals surface area (Å²) in [5.41, 5.74) is 3.47. The Kier molecular flexibility index (Phi) is 6.49. The Bertz CT molecular complexity index is 1040. The Morgan fingerprint density at radius 3 is 2.35 bits per heavy atom. The second-order valence-corrected chi connectivity index (χ2v) is 8.16. The smallest absolute Gasteiger partial charge is 0.174 e. The van der Waals surface area contributed by atoms with Crippen molar-refractivity contribution in [2.24, 2.45) is 0 Å². The molecule has 1 aliphatic heterocycles. The molecule has 0 radical (unpaired) electrons. The number of phenols is 1. The summed E-state index contributed by atoms with van der Waals surface area (Å²) in [4.78, 5) is 2.05. The van der Waals surface area contributed by atoms with Crippen LogP contribution in [0.5, 0.6) is 5.75 Å². The van der Waals surface area contributed by atoms with Crippen LogP contribution in [-0.2, 0) is 13.0 Å². The lowest BCUT2D eigenvalue weighted by Crippen LogP contribution is -2.29. The van der Waals surface area contributed by atoms with E-state index < -0.39 is 0 Å². The summed E-state index contributed by atoms with van der Waals surface area (Å²) in [6, 6.07) is 21.6. The minimum atomic E-state index is -0.230. The number of benzene rings is 3. The second-order valence-electron chi connectivity index (χ2n) is 7.78. The number of anilines is 1. The van der Waals surface area contributed by atoms with Gasteiger partial charge in [-0.1, -0.05) is 42.5 Å². The molecular formula is C25H25FN2O2S. The molecule has 1 heterocycles. The summed E-state index contributed by atoms with van der Waals surface area (Å²) < 4.78 is 13.2. The molecule has 4 rings (SSSR count). The molecule has 4 nitrogen and oxygen atoms in total. The number of phenolic OH excluding ortho intramolecular Hbond substituents is 1. The highest BCUT2D eigenvalue weighted by molar-refractivity contribution is 7.80. The van der Waals surface area contributed by atoms with Gasteiger partial charge in [-0.05, 0) is 72.9 Å². The largest absolute Gasteiger partial charge is 0.508 e. The van der Waals surface area contributed by atoms with Crippen LogP contribution in [0, 0.1) is 5.82 Å². The maximum atomic E-state index is 13.2. The highest BCUT2D eigenvalue weighted by Crippen LogP contribution is 2.40. The van der Waals surface area contributed by atoms with E-state index in [1.165, 1.54) is 12.1 Å². The third-order valence-electron chi connectivity index (χ3n) is 5.71. The van der Waals surface area contributed by atoms with Gasteiger partial charge in [-0.25, -0.2) is 4.39 Å². The number of para-hydroxylation sites is 1. The summed E-state index contributed by atoms with van der Waals surface area (Å²) in [6.45, 7) is -0.126. The zero-order valence-corrected chi connectivity index (χ0v) is 17.9. The molecule has 0 amide bonds. The van der Waals surface area contributed by atoms with Crippen molar-refractivity contribution in [3.63, 3.8) is 0 Å². The van der Waals surface area contributed by atoms with Crippen molar-refractivity contribution in [3.05, 3.63) is 95.3 Å². The van der Waals surface area contributed by atoms with Crippen LogP contribution < -0.4 is 10.2 Å². The van der Waals surface area contributed by atoms with Gasteiger partial charge in [-0.15, -0.1) is 0 Å². The van der Waals surface area contributed by atoms with E-state index >= 15 is 0 Å². The van der Waals surface area contributed by atoms with Crippen molar-refractivity contribution in [3.8, 4) is 5.75 Å². The van der Waals surface area contributed by atoms with Gasteiger partial charge < -0.3 is 20.4 Å². The Balaban J connectivity index is 1.60. The van der Waals surface area contributed by atoms with Crippen LogP contribution in [0.4, 0.5) is 10.1 Å². The number of nitrogens with one attached hydrogen (secondary N) is 1. The standard InChI is InChI=1S/C25H25FN2O2S/c26-19-12-9-17(10-13-19)5-4-8-22-24(21-14-11-18(16-29)15-23(21)30)28(25(31)27-22)20-6-2-1-3-7-20/h1-3,6-7,9-15,22,24,29-30H,4-5,8,16H2,(H,27,31)/t22-,24+/m0/s1. The molecule has 1 aliphatic rings. The Morgan fingerprint density at radius 2 is 1.68 bits per heavy atom. The number of rotatable bonds is 7. The summed E-state index contributed by atoms with van der Waals surface area (Å²) in [6.07, 6.45) is 2.55. The lowest BCUT2D eigenvalue weighted by molar-refractivity contribution is 0.281.